The van der Waals surface area contributed by atoms with E-state index >= 15 is 0 Å². The van der Waals surface area contributed by atoms with Gasteiger partial charge in [0.1, 0.15) is 0 Å². The van der Waals surface area contributed by atoms with Crippen molar-refractivity contribution in [2.75, 3.05) is 31.1 Å². The number of alkyl halides is 6. The topological polar surface area (TPSA) is 124 Å². The van der Waals surface area contributed by atoms with E-state index in [-0.39, 0.29) is 0 Å². The standard InChI is InChI=1S/C20H20N6S.2C2HF3O2/c1-2-5-21-17(3-1)14-24-8-10-25(11-9-24)19-20-23-13-18(16-4-12-27-15-16)26(20)7-6-22-19;2*3-2(4,5)1(6)7/h1-7,12-13,15H,8-11,14H2;2*(H,6,7). The zero-order valence-corrected chi connectivity index (χ0v) is 21.7. The lowest BCUT2D eigenvalue weighted by Gasteiger charge is -2.35. The molecule has 10 nitrogen and oxygen atoms in total. The molecule has 0 saturated carbocycles. The number of aromatic nitrogens is 4. The number of anilines is 1. The van der Waals surface area contributed by atoms with Gasteiger partial charge in [-0.25, -0.2) is 19.6 Å². The van der Waals surface area contributed by atoms with Crippen LogP contribution in [0.2, 0.25) is 0 Å². The molecular formula is C24H22F6N6O4S. The summed E-state index contributed by atoms with van der Waals surface area (Å²) in [6.45, 7) is 4.78. The van der Waals surface area contributed by atoms with Crippen LogP contribution in [0.1, 0.15) is 5.69 Å². The van der Waals surface area contributed by atoms with Crippen LogP contribution in [-0.4, -0.2) is 84.9 Å². The van der Waals surface area contributed by atoms with Crippen LogP contribution in [0.25, 0.3) is 16.9 Å². The summed E-state index contributed by atoms with van der Waals surface area (Å²) in [5.74, 6) is -4.54. The molecular weight excluding hydrogens is 582 g/mol. The van der Waals surface area contributed by atoms with E-state index in [1.807, 2.05) is 36.9 Å². The summed E-state index contributed by atoms with van der Waals surface area (Å²) >= 11 is 1.70. The number of piperazine rings is 1. The molecule has 0 bridgehead atoms. The zero-order valence-electron chi connectivity index (χ0n) is 20.9. The molecule has 220 valence electrons. The number of thiophene rings is 1. The summed E-state index contributed by atoms with van der Waals surface area (Å²) in [7, 11) is 0. The molecule has 2 N–H and O–H groups in total. The Morgan fingerprint density at radius 1 is 0.878 bits per heavy atom. The molecule has 0 aliphatic carbocycles. The van der Waals surface area contributed by atoms with Crippen LogP contribution < -0.4 is 4.90 Å². The van der Waals surface area contributed by atoms with Crippen LogP contribution in [0.4, 0.5) is 32.2 Å². The zero-order chi connectivity index (χ0) is 30.2. The SMILES string of the molecule is O=C(O)C(F)(F)F.O=C(O)C(F)(F)F.c1ccc(CN2CCN(c3nccn4c(-c5ccsc5)cnc34)CC2)nc1. The van der Waals surface area contributed by atoms with Gasteiger partial charge in [0.25, 0.3) is 0 Å². The van der Waals surface area contributed by atoms with Crippen LogP contribution in [0, 0.1) is 0 Å². The fourth-order valence-electron chi connectivity index (χ4n) is 3.59. The first-order chi connectivity index (χ1) is 19.3. The number of rotatable bonds is 4. The number of aliphatic carboxylic acids is 2. The first kappa shape index (κ1) is 31.3. The number of hydrogen-bond donors (Lipinski definition) is 2. The highest BCUT2D eigenvalue weighted by atomic mass is 32.1. The Bertz CT molecular complexity index is 1400. The minimum absolute atomic E-state index is 0.901. The molecule has 0 atom stereocenters. The Kier molecular flexibility index (Phi) is 10.2. The number of fused-ring (bicyclic) bond motifs is 1. The van der Waals surface area contributed by atoms with Crippen molar-refractivity contribution in [3.63, 3.8) is 0 Å². The first-order valence-corrected chi connectivity index (χ1v) is 12.5. The maximum Gasteiger partial charge on any atom is 0.490 e. The molecule has 4 aromatic heterocycles. The molecule has 1 aliphatic heterocycles. The monoisotopic (exact) mass is 604 g/mol. The quantitative estimate of drug-likeness (QED) is 0.326. The van der Waals surface area contributed by atoms with Crippen LogP contribution in [0.15, 0.2) is 59.8 Å². The third-order valence-electron chi connectivity index (χ3n) is 5.49. The Morgan fingerprint density at radius 2 is 1.51 bits per heavy atom. The number of halogens is 6. The first-order valence-electron chi connectivity index (χ1n) is 11.6. The van der Waals surface area contributed by atoms with E-state index in [0.717, 1.165) is 55.6 Å². The van der Waals surface area contributed by atoms with E-state index in [1.54, 1.807) is 11.3 Å². The number of carboxylic acids is 2. The fourth-order valence-corrected chi connectivity index (χ4v) is 4.24. The number of carboxylic acid groups (broad SMARTS) is 2. The van der Waals surface area contributed by atoms with Crippen LogP contribution in [0.3, 0.4) is 0 Å². The Balaban J connectivity index is 0.000000276. The smallest absolute Gasteiger partial charge is 0.475 e. The van der Waals surface area contributed by atoms with Crippen molar-refractivity contribution in [1.29, 1.82) is 0 Å². The van der Waals surface area contributed by atoms with Gasteiger partial charge < -0.3 is 15.1 Å². The van der Waals surface area contributed by atoms with Gasteiger partial charge in [-0.3, -0.25) is 14.3 Å². The molecule has 41 heavy (non-hydrogen) atoms. The van der Waals surface area contributed by atoms with Gasteiger partial charge in [0.15, 0.2) is 11.5 Å². The summed E-state index contributed by atoms with van der Waals surface area (Å²) in [5.41, 5.74) is 4.37. The van der Waals surface area contributed by atoms with Gasteiger partial charge in [-0.05, 0) is 23.6 Å². The lowest BCUT2D eigenvalue weighted by molar-refractivity contribution is -0.193. The van der Waals surface area contributed by atoms with E-state index in [0.29, 0.717) is 0 Å². The predicted octanol–water partition coefficient (Wildman–Crippen LogP) is 4.44. The number of carbonyl (C=O) groups is 2. The van der Waals surface area contributed by atoms with Gasteiger partial charge >= 0.3 is 24.3 Å². The highest BCUT2D eigenvalue weighted by Gasteiger charge is 2.38. The Hall–Kier alpha value is -4.25. The highest BCUT2D eigenvalue weighted by Crippen LogP contribution is 2.27. The third-order valence-corrected chi connectivity index (χ3v) is 6.18. The average molecular weight is 605 g/mol. The molecule has 4 aromatic rings. The van der Waals surface area contributed by atoms with Gasteiger partial charge in [0, 0.05) is 62.3 Å². The van der Waals surface area contributed by atoms with Crippen molar-refractivity contribution in [3.05, 3.63) is 65.5 Å². The normalized spacial score (nSPS) is 14.0. The van der Waals surface area contributed by atoms with Crippen molar-refractivity contribution >= 4 is 34.7 Å². The van der Waals surface area contributed by atoms with Gasteiger partial charge in [0.05, 0.1) is 17.6 Å². The van der Waals surface area contributed by atoms with Gasteiger partial charge in [-0.1, -0.05) is 6.07 Å². The number of pyridine rings is 1. The van der Waals surface area contributed by atoms with Gasteiger partial charge in [0.2, 0.25) is 0 Å². The average Bonchev–Trinajstić information content (AvgIpc) is 3.59. The van der Waals surface area contributed by atoms with Crippen molar-refractivity contribution in [3.8, 4) is 11.3 Å². The van der Waals surface area contributed by atoms with E-state index in [2.05, 4.69) is 52.0 Å². The summed E-state index contributed by atoms with van der Waals surface area (Å²) in [4.78, 5) is 36.3. The number of nitrogens with zero attached hydrogens (tertiary/aromatic N) is 6. The molecule has 0 spiro atoms. The Labute approximate surface area is 232 Å². The number of hydrogen-bond acceptors (Lipinski definition) is 8. The van der Waals surface area contributed by atoms with Crippen molar-refractivity contribution in [2.45, 2.75) is 18.9 Å². The van der Waals surface area contributed by atoms with Crippen LogP contribution in [-0.2, 0) is 16.1 Å². The third kappa shape index (κ3) is 8.87. The van der Waals surface area contributed by atoms with E-state index in [1.165, 1.54) is 5.56 Å². The van der Waals surface area contributed by atoms with Crippen LogP contribution in [0.5, 0.6) is 0 Å². The second-order valence-corrected chi connectivity index (χ2v) is 9.07. The molecule has 5 rings (SSSR count). The minimum atomic E-state index is -5.08. The Morgan fingerprint density at radius 3 is 2.02 bits per heavy atom. The van der Waals surface area contributed by atoms with E-state index in [9.17, 15) is 26.3 Å². The summed E-state index contributed by atoms with van der Waals surface area (Å²) < 4.78 is 65.6. The molecule has 0 unspecified atom stereocenters. The van der Waals surface area contributed by atoms with Crippen molar-refractivity contribution < 1.29 is 46.1 Å². The van der Waals surface area contributed by atoms with Gasteiger partial charge in [-0.2, -0.15) is 37.7 Å². The van der Waals surface area contributed by atoms with Crippen molar-refractivity contribution in [1.82, 2.24) is 24.3 Å². The maximum atomic E-state index is 10.6. The van der Waals surface area contributed by atoms with E-state index < -0.39 is 24.3 Å². The molecule has 5 heterocycles. The second kappa shape index (κ2) is 13.4. The van der Waals surface area contributed by atoms with E-state index in [4.69, 9.17) is 19.8 Å². The van der Waals surface area contributed by atoms with Crippen molar-refractivity contribution in [2.24, 2.45) is 0 Å². The summed E-state index contributed by atoms with van der Waals surface area (Å²) in [6, 6.07) is 8.23. The van der Waals surface area contributed by atoms with Gasteiger partial charge in [-0.15, -0.1) is 0 Å². The lowest BCUT2D eigenvalue weighted by Crippen LogP contribution is -2.46. The maximum absolute atomic E-state index is 10.6. The highest BCUT2D eigenvalue weighted by molar-refractivity contribution is 7.08. The molecule has 1 saturated heterocycles. The second-order valence-electron chi connectivity index (χ2n) is 8.29. The minimum Gasteiger partial charge on any atom is -0.475 e. The fraction of sp³-hybridized carbons (Fsp3) is 0.292. The molecule has 1 fully saturated rings. The largest absolute Gasteiger partial charge is 0.490 e. The number of imidazole rings is 1. The summed E-state index contributed by atoms with van der Waals surface area (Å²) in [5, 5.41) is 18.5. The molecule has 0 radical (unpaired) electrons. The lowest BCUT2D eigenvalue weighted by atomic mass is 10.2. The predicted molar refractivity (Wildman–Crippen MR) is 135 cm³/mol. The molecule has 0 amide bonds. The molecule has 17 heteroatoms. The molecule has 1 aliphatic rings. The molecule has 0 aromatic carbocycles. The van der Waals surface area contributed by atoms with Crippen LogP contribution >= 0.6 is 11.3 Å². The summed E-state index contributed by atoms with van der Waals surface area (Å²) in [6.07, 6.45) is -2.49.